The summed E-state index contributed by atoms with van der Waals surface area (Å²) in [7, 11) is 0. The highest BCUT2D eigenvalue weighted by Gasteiger charge is 2.23. The second kappa shape index (κ2) is 10.8. The number of morpholine rings is 1. The second-order valence-corrected chi connectivity index (χ2v) is 8.15. The van der Waals surface area contributed by atoms with Gasteiger partial charge >= 0.3 is 0 Å². The van der Waals surface area contributed by atoms with Crippen molar-refractivity contribution in [2.24, 2.45) is 0 Å². The Hall–Kier alpha value is -2.03. The zero-order valence-corrected chi connectivity index (χ0v) is 18.6. The third-order valence-corrected chi connectivity index (χ3v) is 5.97. The summed E-state index contributed by atoms with van der Waals surface area (Å²) in [4.78, 5) is 23.8. The lowest BCUT2D eigenvalue weighted by Gasteiger charge is -2.35. The Morgan fingerprint density at radius 2 is 1.83 bits per heavy atom. The van der Waals surface area contributed by atoms with Crippen molar-refractivity contribution in [2.45, 2.75) is 37.9 Å². The predicted molar refractivity (Wildman–Crippen MR) is 116 cm³/mol. The van der Waals surface area contributed by atoms with Gasteiger partial charge in [-0.05, 0) is 49.8 Å². The third-order valence-electron chi connectivity index (χ3n) is 5.42. The van der Waals surface area contributed by atoms with Crippen molar-refractivity contribution in [3.8, 4) is 0 Å². The van der Waals surface area contributed by atoms with Crippen LogP contribution in [0.2, 0.25) is 0 Å². The van der Waals surface area contributed by atoms with Crippen molar-refractivity contribution in [2.75, 3.05) is 39.1 Å². The fourth-order valence-corrected chi connectivity index (χ4v) is 4.19. The molecule has 162 valence electrons. The highest BCUT2D eigenvalue weighted by molar-refractivity contribution is 7.98. The fourth-order valence-electron chi connectivity index (χ4n) is 3.73. The van der Waals surface area contributed by atoms with Gasteiger partial charge in [-0.3, -0.25) is 9.69 Å². The number of carbonyl (C=O) groups excluding carboxylic acids is 1. The molecule has 2 heterocycles. The van der Waals surface area contributed by atoms with Crippen LogP contribution in [0.5, 0.6) is 0 Å². The van der Waals surface area contributed by atoms with Crippen LogP contribution in [0, 0.1) is 19.7 Å². The molecule has 30 heavy (non-hydrogen) atoms. The highest BCUT2D eigenvalue weighted by atomic mass is 32.2. The van der Waals surface area contributed by atoms with Gasteiger partial charge < -0.3 is 10.1 Å². The van der Waals surface area contributed by atoms with Crippen molar-refractivity contribution in [1.29, 1.82) is 0 Å². The topological polar surface area (TPSA) is 67.4 Å². The molecule has 1 aromatic heterocycles. The van der Waals surface area contributed by atoms with E-state index in [1.807, 2.05) is 20.1 Å². The molecule has 1 atom stereocenters. The first-order valence-corrected chi connectivity index (χ1v) is 11.4. The number of benzene rings is 1. The van der Waals surface area contributed by atoms with Gasteiger partial charge in [0, 0.05) is 37.4 Å². The van der Waals surface area contributed by atoms with E-state index in [1.165, 1.54) is 23.9 Å². The lowest BCUT2D eigenvalue weighted by molar-refractivity contribution is -0.121. The summed E-state index contributed by atoms with van der Waals surface area (Å²) >= 11 is 1.52. The summed E-state index contributed by atoms with van der Waals surface area (Å²) in [6, 6.07) is 6.51. The molecule has 0 saturated carbocycles. The van der Waals surface area contributed by atoms with Crippen LogP contribution in [0.15, 0.2) is 29.4 Å². The largest absolute Gasteiger partial charge is 0.379 e. The van der Waals surface area contributed by atoms with Gasteiger partial charge in [-0.25, -0.2) is 14.4 Å². The van der Waals surface area contributed by atoms with Crippen molar-refractivity contribution in [3.05, 3.63) is 52.6 Å². The highest BCUT2D eigenvalue weighted by Crippen LogP contribution is 2.22. The number of amides is 1. The summed E-state index contributed by atoms with van der Waals surface area (Å²) in [5.74, 6) is -0.271. The molecule has 0 aliphatic carbocycles. The van der Waals surface area contributed by atoms with Crippen LogP contribution in [0.3, 0.4) is 0 Å². The summed E-state index contributed by atoms with van der Waals surface area (Å²) in [6.45, 7) is 7.30. The van der Waals surface area contributed by atoms with Gasteiger partial charge in [-0.1, -0.05) is 23.9 Å². The molecule has 1 N–H and O–H groups in total. The number of hydrogen-bond acceptors (Lipinski definition) is 6. The number of nitrogens with one attached hydrogen (secondary N) is 1. The molecular formula is C22H29FN4O2S. The van der Waals surface area contributed by atoms with Gasteiger partial charge in [0.15, 0.2) is 5.16 Å². The van der Waals surface area contributed by atoms with Crippen LogP contribution in [0.25, 0.3) is 0 Å². The third kappa shape index (κ3) is 6.00. The molecule has 8 heteroatoms. The lowest BCUT2D eigenvalue weighted by Crippen LogP contribution is -2.43. The van der Waals surface area contributed by atoms with Gasteiger partial charge in [-0.2, -0.15) is 0 Å². The number of aryl methyl sites for hydroxylation is 2. The molecule has 0 radical (unpaired) electrons. The van der Waals surface area contributed by atoms with Crippen molar-refractivity contribution >= 4 is 17.7 Å². The number of aromatic nitrogens is 2. The Balaban J connectivity index is 1.61. The maximum atomic E-state index is 13.4. The van der Waals surface area contributed by atoms with Gasteiger partial charge in [0.25, 0.3) is 0 Å². The standard InChI is InChI=1S/C22H29FN4O2S/c1-15-19(16(2)26-22(25-15)30-3)8-9-21(28)24-14-20(27-10-12-29-13-11-27)17-4-6-18(23)7-5-17/h4-7,20H,8-14H2,1-3H3,(H,24,28)/t20-/m1/s1. The smallest absolute Gasteiger partial charge is 0.220 e. The van der Waals surface area contributed by atoms with E-state index in [0.29, 0.717) is 32.6 Å². The molecule has 0 bridgehead atoms. The van der Waals surface area contributed by atoms with Crippen molar-refractivity contribution in [1.82, 2.24) is 20.2 Å². The molecule has 1 fully saturated rings. The van der Waals surface area contributed by atoms with Crippen molar-refractivity contribution < 1.29 is 13.9 Å². The quantitative estimate of drug-likeness (QED) is 0.511. The summed E-state index contributed by atoms with van der Waals surface area (Å²) in [5, 5.41) is 3.82. The average molecular weight is 433 g/mol. The first-order valence-electron chi connectivity index (χ1n) is 10.2. The minimum atomic E-state index is -0.260. The molecule has 1 amide bonds. The normalized spacial score (nSPS) is 15.7. The van der Waals surface area contributed by atoms with E-state index in [0.717, 1.165) is 40.8 Å². The second-order valence-electron chi connectivity index (χ2n) is 7.38. The molecule has 1 aromatic carbocycles. The average Bonchev–Trinajstić information content (AvgIpc) is 2.75. The van der Waals surface area contributed by atoms with E-state index in [9.17, 15) is 9.18 Å². The van der Waals surface area contributed by atoms with Gasteiger partial charge in [0.2, 0.25) is 5.91 Å². The number of halogens is 1. The fraction of sp³-hybridized carbons (Fsp3) is 0.500. The monoisotopic (exact) mass is 432 g/mol. The Bertz CT molecular complexity index is 834. The summed E-state index contributed by atoms with van der Waals surface area (Å²) < 4.78 is 18.8. The summed E-state index contributed by atoms with van der Waals surface area (Å²) in [6.07, 6.45) is 2.94. The molecular weight excluding hydrogens is 403 g/mol. The molecule has 0 unspecified atom stereocenters. The number of nitrogens with zero attached hydrogens (tertiary/aromatic N) is 3. The van der Waals surface area contributed by atoms with E-state index < -0.39 is 0 Å². The SMILES string of the molecule is CSc1nc(C)c(CCC(=O)NC[C@H](c2ccc(F)cc2)N2CCOCC2)c(C)n1. The first-order chi connectivity index (χ1) is 14.5. The molecule has 2 aromatic rings. The van der Waals surface area contributed by atoms with Crippen LogP contribution in [-0.4, -0.2) is 59.9 Å². The molecule has 3 rings (SSSR count). The predicted octanol–water partition coefficient (Wildman–Crippen LogP) is 3.08. The van der Waals surface area contributed by atoms with Crippen molar-refractivity contribution in [3.63, 3.8) is 0 Å². The van der Waals surface area contributed by atoms with Crippen LogP contribution >= 0.6 is 11.8 Å². The minimum absolute atomic E-state index is 0.00822. The van der Waals surface area contributed by atoms with E-state index in [1.54, 1.807) is 12.1 Å². The molecule has 0 spiro atoms. The number of carbonyl (C=O) groups is 1. The molecule has 6 nitrogen and oxygen atoms in total. The number of thioether (sulfide) groups is 1. The Morgan fingerprint density at radius 3 is 2.43 bits per heavy atom. The number of hydrogen-bond donors (Lipinski definition) is 1. The lowest BCUT2D eigenvalue weighted by atomic mass is 10.0. The maximum absolute atomic E-state index is 13.4. The minimum Gasteiger partial charge on any atom is -0.379 e. The number of ether oxygens (including phenoxy) is 1. The van der Waals surface area contributed by atoms with Gasteiger partial charge in [0.05, 0.1) is 19.3 Å². The Morgan fingerprint density at radius 1 is 1.20 bits per heavy atom. The zero-order chi connectivity index (χ0) is 21.5. The van der Waals surface area contributed by atoms with Crippen LogP contribution < -0.4 is 5.32 Å². The molecule has 1 saturated heterocycles. The first kappa shape index (κ1) is 22.7. The number of rotatable bonds is 8. The van der Waals surface area contributed by atoms with E-state index in [4.69, 9.17) is 4.74 Å². The van der Waals surface area contributed by atoms with Gasteiger partial charge in [-0.15, -0.1) is 0 Å². The molecule has 1 aliphatic rings. The molecule has 1 aliphatic heterocycles. The van der Waals surface area contributed by atoms with Crippen LogP contribution in [-0.2, 0) is 16.0 Å². The van der Waals surface area contributed by atoms with Gasteiger partial charge in [0.1, 0.15) is 5.82 Å². The van der Waals surface area contributed by atoms with E-state index in [-0.39, 0.29) is 17.8 Å². The van der Waals surface area contributed by atoms with E-state index >= 15 is 0 Å². The zero-order valence-electron chi connectivity index (χ0n) is 17.8. The van der Waals surface area contributed by atoms with Crippen LogP contribution in [0.1, 0.15) is 35.0 Å². The Labute approximate surface area is 181 Å². The van der Waals surface area contributed by atoms with E-state index in [2.05, 4.69) is 20.2 Å². The summed E-state index contributed by atoms with van der Waals surface area (Å²) in [5.41, 5.74) is 3.88. The Kier molecular flexibility index (Phi) is 8.18. The van der Waals surface area contributed by atoms with Crippen LogP contribution in [0.4, 0.5) is 4.39 Å². The maximum Gasteiger partial charge on any atom is 0.220 e.